The van der Waals surface area contributed by atoms with Gasteiger partial charge in [-0.3, -0.25) is 14.4 Å². The van der Waals surface area contributed by atoms with Crippen LogP contribution in [-0.4, -0.2) is 41.9 Å². The van der Waals surface area contributed by atoms with Crippen LogP contribution in [-0.2, 0) is 14.3 Å². The Balaban J connectivity index is 2.00. The van der Waals surface area contributed by atoms with Crippen LogP contribution < -0.4 is 5.32 Å². The van der Waals surface area contributed by atoms with Crippen molar-refractivity contribution in [1.29, 1.82) is 0 Å². The van der Waals surface area contributed by atoms with Gasteiger partial charge in [0.2, 0.25) is 5.91 Å². The van der Waals surface area contributed by atoms with Gasteiger partial charge >= 0.3 is 5.97 Å². The SMILES string of the molecule is CN(CCCC(=O)OC(C)(C)C)C(=O)CC(NC(=O)c1ccccc1Cl)c1ccccc1. The fourth-order valence-electron chi connectivity index (χ4n) is 3.13. The van der Waals surface area contributed by atoms with Crippen molar-refractivity contribution >= 4 is 29.4 Å². The highest BCUT2D eigenvalue weighted by Gasteiger charge is 2.22. The lowest BCUT2D eigenvalue weighted by molar-refractivity contribution is -0.155. The Morgan fingerprint density at radius 3 is 2.28 bits per heavy atom. The van der Waals surface area contributed by atoms with Gasteiger partial charge in [0.05, 0.1) is 23.0 Å². The molecule has 0 fully saturated rings. The third-order valence-electron chi connectivity index (χ3n) is 4.72. The molecule has 0 heterocycles. The monoisotopic (exact) mass is 458 g/mol. The smallest absolute Gasteiger partial charge is 0.306 e. The molecule has 0 saturated carbocycles. The van der Waals surface area contributed by atoms with E-state index in [-0.39, 0.29) is 30.6 Å². The lowest BCUT2D eigenvalue weighted by atomic mass is 10.0. The van der Waals surface area contributed by atoms with Crippen molar-refractivity contribution < 1.29 is 19.1 Å². The molecule has 0 saturated heterocycles. The number of carbonyl (C=O) groups is 3. The summed E-state index contributed by atoms with van der Waals surface area (Å²) in [5.74, 6) is -0.764. The Hall–Kier alpha value is -2.86. The molecule has 0 aliphatic carbocycles. The van der Waals surface area contributed by atoms with E-state index in [0.29, 0.717) is 23.6 Å². The normalized spacial score (nSPS) is 12.0. The summed E-state index contributed by atoms with van der Waals surface area (Å²) in [6.07, 6.45) is 0.822. The highest BCUT2D eigenvalue weighted by atomic mass is 35.5. The third kappa shape index (κ3) is 8.35. The van der Waals surface area contributed by atoms with Gasteiger partial charge in [-0.2, -0.15) is 0 Å². The van der Waals surface area contributed by atoms with Crippen LogP contribution in [0.4, 0.5) is 0 Å². The predicted molar refractivity (Wildman–Crippen MR) is 125 cm³/mol. The van der Waals surface area contributed by atoms with Gasteiger partial charge in [-0.05, 0) is 44.9 Å². The van der Waals surface area contributed by atoms with Crippen molar-refractivity contribution in [2.45, 2.75) is 51.7 Å². The molecule has 1 unspecified atom stereocenters. The van der Waals surface area contributed by atoms with E-state index in [9.17, 15) is 14.4 Å². The second-order valence-corrected chi connectivity index (χ2v) is 9.03. The number of amides is 2. The summed E-state index contributed by atoms with van der Waals surface area (Å²) in [4.78, 5) is 39.1. The number of halogens is 1. The molecule has 0 bridgehead atoms. The van der Waals surface area contributed by atoms with Gasteiger partial charge in [0.15, 0.2) is 0 Å². The molecule has 0 radical (unpaired) electrons. The molecular formula is C25H31ClN2O4. The summed E-state index contributed by atoms with van der Waals surface area (Å²) in [6, 6.07) is 15.6. The molecule has 2 rings (SSSR count). The lowest BCUT2D eigenvalue weighted by Gasteiger charge is -2.24. The third-order valence-corrected chi connectivity index (χ3v) is 5.05. The Kier molecular flexibility index (Phi) is 9.27. The van der Waals surface area contributed by atoms with Crippen LogP contribution >= 0.6 is 11.6 Å². The van der Waals surface area contributed by atoms with Crippen molar-refractivity contribution in [2.75, 3.05) is 13.6 Å². The number of hydrogen-bond donors (Lipinski definition) is 1. The van der Waals surface area contributed by atoms with E-state index < -0.39 is 11.6 Å². The van der Waals surface area contributed by atoms with Crippen LogP contribution in [0.5, 0.6) is 0 Å². The van der Waals surface area contributed by atoms with Crippen molar-refractivity contribution in [3.63, 3.8) is 0 Å². The van der Waals surface area contributed by atoms with Gasteiger partial charge < -0.3 is 15.0 Å². The van der Waals surface area contributed by atoms with Crippen LogP contribution in [0.1, 0.15) is 62.0 Å². The predicted octanol–water partition coefficient (Wildman–Crippen LogP) is 4.78. The van der Waals surface area contributed by atoms with Crippen LogP contribution in [0, 0.1) is 0 Å². The van der Waals surface area contributed by atoms with Gasteiger partial charge in [-0.1, -0.05) is 54.1 Å². The number of nitrogens with one attached hydrogen (secondary N) is 1. The minimum Gasteiger partial charge on any atom is -0.460 e. The quantitative estimate of drug-likeness (QED) is 0.548. The Bertz CT molecular complexity index is 925. The van der Waals surface area contributed by atoms with Crippen LogP contribution in [0.2, 0.25) is 5.02 Å². The molecular weight excluding hydrogens is 428 g/mol. The summed E-state index contributed by atoms with van der Waals surface area (Å²) in [7, 11) is 1.69. The molecule has 1 atom stereocenters. The number of nitrogens with zero attached hydrogens (tertiary/aromatic N) is 1. The number of hydrogen-bond acceptors (Lipinski definition) is 4. The second-order valence-electron chi connectivity index (χ2n) is 8.63. The molecule has 32 heavy (non-hydrogen) atoms. The zero-order valence-corrected chi connectivity index (χ0v) is 19.8. The largest absolute Gasteiger partial charge is 0.460 e. The molecule has 2 aromatic carbocycles. The van der Waals surface area contributed by atoms with Crippen molar-refractivity contribution in [3.8, 4) is 0 Å². The van der Waals surface area contributed by atoms with Crippen LogP contribution in [0.25, 0.3) is 0 Å². The summed E-state index contributed by atoms with van der Waals surface area (Å²) < 4.78 is 5.30. The second kappa shape index (κ2) is 11.7. The Morgan fingerprint density at radius 1 is 1.03 bits per heavy atom. The maximum absolute atomic E-state index is 12.8. The van der Waals surface area contributed by atoms with Gasteiger partial charge in [0.25, 0.3) is 5.91 Å². The molecule has 0 aliphatic heterocycles. The fraction of sp³-hybridized carbons (Fsp3) is 0.400. The first-order valence-corrected chi connectivity index (χ1v) is 11.0. The number of esters is 1. The van der Waals surface area contributed by atoms with E-state index in [1.165, 1.54) is 0 Å². The summed E-state index contributed by atoms with van der Waals surface area (Å²) >= 11 is 6.15. The molecule has 2 amide bonds. The Morgan fingerprint density at radius 2 is 1.66 bits per heavy atom. The summed E-state index contributed by atoms with van der Waals surface area (Å²) in [6.45, 7) is 5.88. The summed E-state index contributed by atoms with van der Waals surface area (Å²) in [5, 5.41) is 3.28. The minimum absolute atomic E-state index is 0.0865. The van der Waals surface area contributed by atoms with E-state index in [1.54, 1.807) is 36.2 Å². The topological polar surface area (TPSA) is 75.7 Å². The van der Waals surface area contributed by atoms with Crippen molar-refractivity contribution in [3.05, 3.63) is 70.7 Å². The molecule has 7 heteroatoms. The number of ether oxygens (including phenoxy) is 1. The molecule has 6 nitrogen and oxygen atoms in total. The average Bonchev–Trinajstić information content (AvgIpc) is 2.72. The highest BCUT2D eigenvalue weighted by molar-refractivity contribution is 6.33. The standard InChI is InChI=1S/C25H31ClN2O4/c1-25(2,3)32-23(30)15-10-16-28(4)22(29)17-21(18-11-6-5-7-12-18)27-24(31)19-13-8-9-14-20(19)26/h5-9,11-14,21H,10,15-17H2,1-4H3,(H,27,31). The number of benzene rings is 2. The molecule has 172 valence electrons. The molecule has 1 N–H and O–H groups in total. The first-order chi connectivity index (χ1) is 15.1. The Labute approximate surface area is 194 Å². The van der Waals surface area contributed by atoms with Gasteiger partial charge in [0, 0.05) is 20.0 Å². The molecule has 2 aromatic rings. The fourth-order valence-corrected chi connectivity index (χ4v) is 3.35. The van der Waals surface area contributed by atoms with Gasteiger partial charge in [0.1, 0.15) is 5.60 Å². The van der Waals surface area contributed by atoms with E-state index in [4.69, 9.17) is 16.3 Å². The number of carbonyl (C=O) groups excluding carboxylic acids is 3. The summed E-state index contributed by atoms with van der Waals surface area (Å²) in [5.41, 5.74) is 0.651. The van der Waals surface area contributed by atoms with E-state index in [1.807, 2.05) is 51.1 Å². The van der Waals surface area contributed by atoms with Crippen molar-refractivity contribution in [2.24, 2.45) is 0 Å². The van der Waals surface area contributed by atoms with Crippen LogP contribution in [0.3, 0.4) is 0 Å². The van der Waals surface area contributed by atoms with E-state index in [0.717, 1.165) is 5.56 Å². The first kappa shape index (κ1) is 25.4. The van der Waals surface area contributed by atoms with Gasteiger partial charge in [-0.25, -0.2) is 0 Å². The zero-order chi connectivity index (χ0) is 23.7. The zero-order valence-electron chi connectivity index (χ0n) is 19.1. The van der Waals surface area contributed by atoms with Crippen molar-refractivity contribution in [1.82, 2.24) is 10.2 Å². The lowest BCUT2D eigenvalue weighted by Crippen LogP contribution is -2.35. The van der Waals surface area contributed by atoms with Gasteiger partial charge in [-0.15, -0.1) is 0 Å². The van der Waals surface area contributed by atoms with E-state index >= 15 is 0 Å². The molecule has 0 spiro atoms. The van der Waals surface area contributed by atoms with E-state index in [2.05, 4.69) is 5.32 Å². The first-order valence-electron chi connectivity index (χ1n) is 10.6. The number of rotatable bonds is 9. The molecule has 0 aromatic heterocycles. The maximum atomic E-state index is 12.8. The minimum atomic E-state index is -0.526. The molecule has 0 aliphatic rings. The average molecular weight is 459 g/mol. The van der Waals surface area contributed by atoms with Crippen LogP contribution in [0.15, 0.2) is 54.6 Å². The maximum Gasteiger partial charge on any atom is 0.306 e. The highest BCUT2D eigenvalue weighted by Crippen LogP contribution is 2.21.